The van der Waals surface area contributed by atoms with Gasteiger partial charge < -0.3 is 5.32 Å². The van der Waals surface area contributed by atoms with Crippen LogP contribution in [0.3, 0.4) is 0 Å². The summed E-state index contributed by atoms with van der Waals surface area (Å²) in [5, 5.41) is 3.58. The average molecular weight is 225 g/mol. The van der Waals surface area contributed by atoms with Gasteiger partial charge in [0.05, 0.1) is 0 Å². The smallest absolute Gasteiger partial charge is 0.0386 e. The highest BCUT2D eigenvalue weighted by Gasteiger charge is 2.06. The molecule has 0 aromatic carbocycles. The van der Waals surface area contributed by atoms with E-state index >= 15 is 0 Å². The molecule has 1 aromatic heterocycles. The van der Waals surface area contributed by atoms with Gasteiger partial charge in [-0.05, 0) is 51.3 Å². The Kier molecular flexibility index (Phi) is 5.34. The van der Waals surface area contributed by atoms with E-state index in [2.05, 4.69) is 45.1 Å². The molecule has 0 radical (unpaired) electrons. The molecule has 0 amide bonds. The van der Waals surface area contributed by atoms with E-state index in [1.165, 1.54) is 22.6 Å². The van der Waals surface area contributed by atoms with Gasteiger partial charge in [0.2, 0.25) is 0 Å². The van der Waals surface area contributed by atoms with Gasteiger partial charge in [-0.3, -0.25) is 0 Å². The monoisotopic (exact) mass is 225 g/mol. The van der Waals surface area contributed by atoms with E-state index in [-0.39, 0.29) is 0 Å². The summed E-state index contributed by atoms with van der Waals surface area (Å²) in [6, 6.07) is 4.95. The molecule has 0 bridgehead atoms. The molecule has 2 heteroatoms. The first-order valence-electron chi connectivity index (χ1n) is 5.89. The molecule has 0 saturated heterocycles. The third-order valence-electron chi connectivity index (χ3n) is 2.60. The van der Waals surface area contributed by atoms with E-state index in [1.807, 2.05) is 11.3 Å². The Morgan fingerprint density at radius 2 is 2.00 bits per heavy atom. The fourth-order valence-electron chi connectivity index (χ4n) is 1.62. The zero-order valence-corrected chi connectivity index (χ0v) is 11.2. The van der Waals surface area contributed by atoms with Crippen molar-refractivity contribution in [2.24, 2.45) is 5.92 Å². The highest BCUT2D eigenvalue weighted by molar-refractivity contribution is 7.12. The van der Waals surface area contributed by atoms with Crippen molar-refractivity contribution in [1.29, 1.82) is 0 Å². The van der Waals surface area contributed by atoms with Crippen LogP contribution in [0.15, 0.2) is 12.1 Å². The van der Waals surface area contributed by atoms with E-state index in [9.17, 15) is 0 Å². The minimum atomic E-state index is 0.510. The Bertz CT molecular complexity index is 278. The summed E-state index contributed by atoms with van der Waals surface area (Å²) in [5.74, 6) is 0.825. The fourth-order valence-corrected chi connectivity index (χ4v) is 2.52. The predicted molar refractivity (Wildman–Crippen MR) is 69.5 cm³/mol. The maximum absolute atomic E-state index is 3.58. The van der Waals surface area contributed by atoms with Crippen molar-refractivity contribution in [1.82, 2.24) is 5.32 Å². The molecule has 0 spiro atoms. The average Bonchev–Trinajstić information content (AvgIpc) is 2.59. The molecule has 15 heavy (non-hydrogen) atoms. The molecule has 0 aliphatic rings. The molecule has 1 heterocycles. The number of thiophene rings is 1. The number of nitrogens with one attached hydrogen (secondary N) is 1. The first-order chi connectivity index (χ1) is 7.09. The van der Waals surface area contributed by atoms with Crippen molar-refractivity contribution in [3.05, 3.63) is 21.9 Å². The maximum Gasteiger partial charge on any atom is 0.0386 e. The van der Waals surface area contributed by atoms with Crippen LogP contribution in [0.4, 0.5) is 0 Å². The van der Waals surface area contributed by atoms with Gasteiger partial charge in [0.1, 0.15) is 0 Å². The van der Waals surface area contributed by atoms with Gasteiger partial charge in [-0.15, -0.1) is 11.3 Å². The Morgan fingerprint density at radius 1 is 1.27 bits per heavy atom. The van der Waals surface area contributed by atoms with Crippen LogP contribution >= 0.6 is 11.3 Å². The van der Waals surface area contributed by atoms with Gasteiger partial charge in [0.25, 0.3) is 0 Å². The summed E-state index contributed by atoms with van der Waals surface area (Å²) in [6.45, 7) is 10.1. The molecule has 0 aliphatic heterocycles. The molecule has 1 N–H and O–H groups in total. The van der Waals surface area contributed by atoms with Crippen LogP contribution in [0, 0.1) is 12.8 Å². The topological polar surface area (TPSA) is 12.0 Å². The first-order valence-corrected chi connectivity index (χ1v) is 6.71. The summed E-state index contributed by atoms with van der Waals surface area (Å²) in [5.41, 5.74) is 0. The predicted octanol–water partition coefficient (Wildman–Crippen LogP) is 4.14. The molecule has 1 aromatic rings. The highest BCUT2D eigenvalue weighted by Crippen LogP contribution is 2.22. The standard InChI is InChI=1S/C13H23NS/c1-10(2)6-5-9-14-12(4)13-8-7-11(3)15-13/h7-8,10,12,14H,5-6,9H2,1-4H3. The lowest BCUT2D eigenvalue weighted by molar-refractivity contribution is 0.500. The normalized spacial score (nSPS) is 13.4. The van der Waals surface area contributed by atoms with Crippen LogP contribution in [0.1, 0.15) is 49.4 Å². The molecule has 0 fully saturated rings. The van der Waals surface area contributed by atoms with Crippen molar-refractivity contribution in [3.63, 3.8) is 0 Å². The van der Waals surface area contributed by atoms with E-state index in [4.69, 9.17) is 0 Å². The zero-order chi connectivity index (χ0) is 11.3. The summed E-state index contributed by atoms with van der Waals surface area (Å²) in [4.78, 5) is 2.86. The molecular formula is C13H23NS. The van der Waals surface area contributed by atoms with Crippen LogP contribution < -0.4 is 5.32 Å². The fraction of sp³-hybridized carbons (Fsp3) is 0.692. The lowest BCUT2D eigenvalue weighted by Gasteiger charge is -2.12. The minimum Gasteiger partial charge on any atom is -0.309 e. The zero-order valence-electron chi connectivity index (χ0n) is 10.3. The van der Waals surface area contributed by atoms with Crippen LogP contribution in [-0.4, -0.2) is 6.54 Å². The van der Waals surface area contributed by atoms with Crippen molar-refractivity contribution in [2.75, 3.05) is 6.54 Å². The third-order valence-corrected chi connectivity index (χ3v) is 3.78. The van der Waals surface area contributed by atoms with Crippen LogP contribution in [0.25, 0.3) is 0 Å². The Balaban J connectivity index is 2.21. The highest BCUT2D eigenvalue weighted by atomic mass is 32.1. The number of aryl methyl sites for hydroxylation is 1. The number of rotatable bonds is 6. The molecular weight excluding hydrogens is 202 g/mol. The van der Waals surface area contributed by atoms with Crippen LogP contribution in [0.5, 0.6) is 0 Å². The molecule has 1 nitrogen and oxygen atoms in total. The van der Waals surface area contributed by atoms with Crippen LogP contribution in [0.2, 0.25) is 0 Å². The van der Waals surface area contributed by atoms with Crippen LogP contribution in [-0.2, 0) is 0 Å². The van der Waals surface area contributed by atoms with Crippen molar-refractivity contribution in [3.8, 4) is 0 Å². The lowest BCUT2D eigenvalue weighted by atomic mass is 10.1. The van der Waals surface area contributed by atoms with E-state index < -0.39 is 0 Å². The largest absolute Gasteiger partial charge is 0.309 e. The second-order valence-electron chi connectivity index (χ2n) is 4.66. The van der Waals surface area contributed by atoms with E-state index in [0.29, 0.717) is 6.04 Å². The van der Waals surface area contributed by atoms with Gasteiger partial charge in [-0.1, -0.05) is 13.8 Å². The summed E-state index contributed by atoms with van der Waals surface area (Å²) in [6.07, 6.45) is 2.61. The minimum absolute atomic E-state index is 0.510. The molecule has 1 rings (SSSR count). The number of hydrogen-bond acceptors (Lipinski definition) is 2. The van der Waals surface area contributed by atoms with Crippen molar-refractivity contribution >= 4 is 11.3 Å². The van der Waals surface area contributed by atoms with Crippen molar-refractivity contribution in [2.45, 2.75) is 46.6 Å². The maximum atomic E-state index is 3.58. The second-order valence-corrected chi connectivity index (χ2v) is 5.98. The van der Waals surface area contributed by atoms with Gasteiger partial charge in [0, 0.05) is 15.8 Å². The third kappa shape index (κ3) is 4.80. The Labute approximate surface area is 97.9 Å². The summed E-state index contributed by atoms with van der Waals surface area (Å²) < 4.78 is 0. The quantitative estimate of drug-likeness (QED) is 0.717. The summed E-state index contributed by atoms with van der Waals surface area (Å²) >= 11 is 1.90. The van der Waals surface area contributed by atoms with Crippen molar-refractivity contribution < 1.29 is 0 Å². The SMILES string of the molecule is Cc1ccc(C(C)NCCCC(C)C)s1. The van der Waals surface area contributed by atoms with Gasteiger partial charge >= 0.3 is 0 Å². The van der Waals surface area contributed by atoms with E-state index in [1.54, 1.807) is 0 Å². The Morgan fingerprint density at radius 3 is 2.53 bits per heavy atom. The molecule has 1 atom stereocenters. The molecule has 0 aliphatic carbocycles. The van der Waals surface area contributed by atoms with Gasteiger partial charge in [-0.2, -0.15) is 0 Å². The molecule has 86 valence electrons. The first kappa shape index (κ1) is 12.7. The number of hydrogen-bond donors (Lipinski definition) is 1. The molecule has 0 saturated carbocycles. The Hall–Kier alpha value is -0.340. The van der Waals surface area contributed by atoms with E-state index in [0.717, 1.165) is 12.5 Å². The van der Waals surface area contributed by atoms with Gasteiger partial charge in [0.15, 0.2) is 0 Å². The lowest BCUT2D eigenvalue weighted by Crippen LogP contribution is -2.19. The summed E-state index contributed by atoms with van der Waals surface area (Å²) in [7, 11) is 0. The molecule has 1 unspecified atom stereocenters. The van der Waals surface area contributed by atoms with Gasteiger partial charge in [-0.25, -0.2) is 0 Å². The second kappa shape index (κ2) is 6.29.